The fraction of sp³-hybridized carbons (Fsp3) is 0.400. The summed E-state index contributed by atoms with van der Waals surface area (Å²) in [6.07, 6.45) is 0. The van der Waals surface area contributed by atoms with Crippen molar-refractivity contribution in [3.63, 3.8) is 0 Å². The Morgan fingerprint density at radius 2 is 1.73 bits per heavy atom. The monoisotopic (exact) mass is 356 g/mol. The summed E-state index contributed by atoms with van der Waals surface area (Å²) in [4.78, 5) is 6.61. The summed E-state index contributed by atoms with van der Waals surface area (Å²) in [6, 6.07) is 11.9. The normalized spacial score (nSPS) is 11.2. The van der Waals surface area contributed by atoms with Gasteiger partial charge >= 0.3 is 0 Å². The molecule has 2 N–H and O–H groups in total. The van der Waals surface area contributed by atoms with Crippen LogP contribution >= 0.6 is 0 Å². The maximum absolute atomic E-state index is 9.24. The molecule has 26 heavy (non-hydrogen) atoms. The largest absolute Gasteiger partial charge is 0.452 e. The Balaban J connectivity index is 2.12. The summed E-state index contributed by atoms with van der Waals surface area (Å²) in [6.45, 7) is 7.10. The van der Waals surface area contributed by atoms with Gasteiger partial charge in [-0.25, -0.2) is 9.56 Å². The van der Waals surface area contributed by atoms with Crippen LogP contribution in [0.2, 0.25) is 0 Å². The molecule has 1 aliphatic heterocycles. The second-order valence-corrected chi connectivity index (χ2v) is 6.12. The van der Waals surface area contributed by atoms with E-state index >= 15 is 0 Å². The van der Waals surface area contributed by atoms with Crippen molar-refractivity contribution < 1.29 is 14.6 Å². The van der Waals surface area contributed by atoms with Crippen molar-refractivity contribution in [1.29, 1.82) is 0 Å². The van der Waals surface area contributed by atoms with Crippen LogP contribution in [-0.2, 0) is 0 Å². The Bertz CT molecular complexity index is 908. The highest BCUT2D eigenvalue weighted by Gasteiger charge is 2.13. The van der Waals surface area contributed by atoms with E-state index in [0.29, 0.717) is 18.7 Å². The molecule has 0 unspecified atom stereocenters. The third kappa shape index (κ3) is 3.71. The second kappa shape index (κ2) is 8.29. The molecule has 1 aliphatic carbocycles. The first kappa shape index (κ1) is 18.4. The molecule has 0 atom stereocenters. The Kier molecular flexibility index (Phi) is 5.85. The van der Waals surface area contributed by atoms with Gasteiger partial charge in [0.05, 0.1) is 19.3 Å². The number of benzene rings is 2. The number of fused-ring (bicyclic) bond motifs is 2. The smallest absolute Gasteiger partial charge is 0.203 e. The van der Waals surface area contributed by atoms with Crippen molar-refractivity contribution >= 4 is 16.8 Å². The van der Waals surface area contributed by atoms with Crippen molar-refractivity contribution in [3.8, 4) is 11.5 Å². The Morgan fingerprint density at radius 1 is 1.00 bits per heavy atom. The molecule has 0 saturated heterocycles. The maximum Gasteiger partial charge on any atom is 0.203 e. The molecule has 3 rings (SSSR count). The minimum Gasteiger partial charge on any atom is -0.452 e. The number of aliphatic hydroxyl groups is 2. The van der Waals surface area contributed by atoms with Crippen LogP contribution in [0.4, 0.5) is 5.69 Å². The summed E-state index contributed by atoms with van der Waals surface area (Å²) in [7, 11) is 0. The van der Waals surface area contributed by atoms with Crippen LogP contribution in [0.15, 0.2) is 40.8 Å². The van der Waals surface area contributed by atoms with Gasteiger partial charge in [0.1, 0.15) is 24.3 Å². The minimum atomic E-state index is 0.0262. The van der Waals surface area contributed by atoms with Crippen LogP contribution in [-0.4, -0.2) is 54.6 Å². The number of rotatable bonds is 7. The molecule has 1 aromatic carbocycles. The molecule has 1 heterocycles. The summed E-state index contributed by atoms with van der Waals surface area (Å²) >= 11 is 0. The Morgan fingerprint density at radius 3 is 2.38 bits per heavy atom. The SMILES string of the molecule is CC[N+](CC)=c1ccc2nc3ccc(N(CCO)CCO)cc3oc-2c1. The first-order chi connectivity index (χ1) is 12.7. The van der Waals surface area contributed by atoms with E-state index in [0.717, 1.165) is 41.1 Å². The third-order valence-corrected chi connectivity index (χ3v) is 4.58. The van der Waals surface area contributed by atoms with E-state index in [9.17, 15) is 10.2 Å². The van der Waals surface area contributed by atoms with Gasteiger partial charge in [0.25, 0.3) is 0 Å². The van der Waals surface area contributed by atoms with Crippen LogP contribution < -0.4 is 14.8 Å². The molecular formula is C20H26N3O3+. The third-order valence-electron chi connectivity index (χ3n) is 4.58. The standard InChI is InChI=1S/C20H26N3O3/c1-3-22(4-2)15-5-7-17-19(13-15)26-20-14-16(6-8-18(20)21-17)23(9-11-24)10-12-25/h5-8,13-14,24-25H,3-4,9-12H2,1-2H3/q+1. The minimum absolute atomic E-state index is 0.0262. The number of aliphatic hydroxyl groups excluding tert-OH is 2. The van der Waals surface area contributed by atoms with Gasteiger partial charge in [-0.2, -0.15) is 0 Å². The lowest BCUT2D eigenvalue weighted by Crippen LogP contribution is -2.29. The summed E-state index contributed by atoms with van der Waals surface area (Å²) in [5.41, 5.74) is 3.19. The van der Waals surface area contributed by atoms with E-state index in [1.54, 1.807) is 0 Å². The van der Waals surface area contributed by atoms with E-state index in [2.05, 4.69) is 24.5 Å². The van der Waals surface area contributed by atoms with Crippen molar-refractivity contribution in [2.24, 2.45) is 0 Å². The van der Waals surface area contributed by atoms with Crippen LogP contribution in [0.25, 0.3) is 22.6 Å². The van der Waals surface area contributed by atoms with Gasteiger partial charge in [0.15, 0.2) is 11.3 Å². The van der Waals surface area contributed by atoms with Gasteiger partial charge in [-0.15, -0.1) is 0 Å². The molecule has 6 heteroatoms. The van der Waals surface area contributed by atoms with Crippen LogP contribution in [0.3, 0.4) is 0 Å². The summed E-state index contributed by atoms with van der Waals surface area (Å²) in [5.74, 6) is 0.745. The van der Waals surface area contributed by atoms with E-state index in [1.165, 1.54) is 0 Å². The molecule has 0 spiro atoms. The predicted octanol–water partition coefficient (Wildman–Crippen LogP) is 1.54. The van der Waals surface area contributed by atoms with Crippen LogP contribution in [0.1, 0.15) is 13.8 Å². The van der Waals surface area contributed by atoms with E-state index < -0.39 is 0 Å². The molecule has 1 aromatic rings. The fourth-order valence-corrected chi connectivity index (χ4v) is 3.20. The molecule has 0 aromatic heterocycles. The lowest BCUT2D eigenvalue weighted by Gasteiger charge is -2.23. The van der Waals surface area contributed by atoms with Crippen LogP contribution in [0.5, 0.6) is 0 Å². The zero-order chi connectivity index (χ0) is 18.5. The van der Waals surface area contributed by atoms with Crippen molar-refractivity contribution in [1.82, 2.24) is 9.56 Å². The highest BCUT2D eigenvalue weighted by atomic mass is 16.3. The van der Waals surface area contributed by atoms with Crippen molar-refractivity contribution in [2.45, 2.75) is 13.8 Å². The topological polar surface area (TPSA) is 72.7 Å². The highest BCUT2D eigenvalue weighted by molar-refractivity contribution is 5.80. The fourth-order valence-electron chi connectivity index (χ4n) is 3.20. The quantitative estimate of drug-likeness (QED) is 0.496. The lowest BCUT2D eigenvalue weighted by molar-refractivity contribution is 0.281. The molecule has 0 radical (unpaired) electrons. The Hall–Kier alpha value is -2.44. The first-order valence-corrected chi connectivity index (χ1v) is 9.09. The van der Waals surface area contributed by atoms with Crippen molar-refractivity contribution in [2.75, 3.05) is 44.3 Å². The van der Waals surface area contributed by atoms with Gasteiger partial charge in [-0.3, -0.25) is 0 Å². The van der Waals surface area contributed by atoms with Gasteiger partial charge < -0.3 is 19.5 Å². The molecule has 138 valence electrons. The van der Waals surface area contributed by atoms with E-state index in [-0.39, 0.29) is 13.2 Å². The number of hydrogen-bond acceptors (Lipinski definition) is 5. The van der Waals surface area contributed by atoms with E-state index in [1.807, 2.05) is 35.2 Å². The summed E-state index contributed by atoms with van der Waals surface area (Å²) < 4.78 is 8.40. The maximum atomic E-state index is 9.24. The molecule has 0 fully saturated rings. The molecule has 6 nitrogen and oxygen atoms in total. The highest BCUT2D eigenvalue weighted by Crippen LogP contribution is 2.27. The molecule has 0 bridgehead atoms. The molecular weight excluding hydrogens is 330 g/mol. The lowest BCUT2D eigenvalue weighted by atomic mass is 10.2. The van der Waals surface area contributed by atoms with E-state index in [4.69, 9.17) is 9.40 Å². The van der Waals surface area contributed by atoms with Gasteiger partial charge in [-0.05, 0) is 32.0 Å². The number of nitrogens with zero attached hydrogens (tertiary/aromatic N) is 3. The molecule has 0 saturated carbocycles. The molecule has 0 amide bonds. The van der Waals surface area contributed by atoms with Crippen molar-refractivity contribution in [3.05, 3.63) is 41.8 Å². The van der Waals surface area contributed by atoms with Gasteiger partial charge in [0.2, 0.25) is 5.36 Å². The number of anilines is 1. The first-order valence-electron chi connectivity index (χ1n) is 9.09. The molecule has 2 aliphatic rings. The summed E-state index contributed by atoms with van der Waals surface area (Å²) in [5, 5.41) is 19.6. The zero-order valence-corrected chi connectivity index (χ0v) is 15.4. The van der Waals surface area contributed by atoms with Gasteiger partial charge in [0, 0.05) is 30.9 Å². The average molecular weight is 356 g/mol. The second-order valence-electron chi connectivity index (χ2n) is 6.12. The van der Waals surface area contributed by atoms with Crippen LogP contribution in [0, 0.1) is 0 Å². The number of aromatic nitrogens is 1. The average Bonchev–Trinajstić information content (AvgIpc) is 2.66. The zero-order valence-electron chi connectivity index (χ0n) is 15.4. The number of hydrogen-bond donors (Lipinski definition) is 2. The van der Waals surface area contributed by atoms with Gasteiger partial charge in [-0.1, -0.05) is 0 Å². The predicted molar refractivity (Wildman–Crippen MR) is 103 cm³/mol. The Labute approximate surface area is 153 Å².